The molecule has 2 aromatic rings. The lowest BCUT2D eigenvalue weighted by Gasteiger charge is -1.98. The van der Waals surface area contributed by atoms with Crippen LogP contribution in [0.4, 0.5) is 0 Å². The highest BCUT2D eigenvalue weighted by Gasteiger charge is 2.06. The molecule has 0 unspecified atom stereocenters. The van der Waals surface area contributed by atoms with Crippen LogP contribution < -0.4 is 5.32 Å². The zero-order valence-corrected chi connectivity index (χ0v) is 12.3. The lowest BCUT2D eigenvalue weighted by atomic mass is 10.2. The van der Waals surface area contributed by atoms with Gasteiger partial charge in [-0.05, 0) is 31.4 Å². The maximum atomic E-state index is 4.24. The minimum Gasteiger partial charge on any atom is -0.310 e. The summed E-state index contributed by atoms with van der Waals surface area (Å²) in [5.74, 6) is 0. The average Bonchev–Trinajstić information content (AvgIpc) is 2.88. The Morgan fingerprint density at radius 1 is 1.22 bits per heavy atom. The summed E-state index contributed by atoms with van der Waals surface area (Å²) in [7, 11) is 0. The van der Waals surface area contributed by atoms with Gasteiger partial charge >= 0.3 is 0 Å². The minimum absolute atomic E-state index is 0.814. The van der Waals surface area contributed by atoms with Crippen molar-refractivity contribution < 1.29 is 0 Å². The molecule has 0 aliphatic carbocycles. The number of aromatic nitrogens is 2. The van der Waals surface area contributed by atoms with Crippen molar-refractivity contribution >= 4 is 23.1 Å². The second-order valence-electron chi connectivity index (χ2n) is 3.91. The van der Waals surface area contributed by atoms with E-state index < -0.39 is 0 Å². The lowest BCUT2D eigenvalue weighted by molar-refractivity contribution is 0.668. The zero-order chi connectivity index (χ0) is 12.8. The first kappa shape index (κ1) is 13.5. The van der Waals surface area contributed by atoms with E-state index in [1.807, 2.05) is 0 Å². The molecule has 18 heavy (non-hydrogen) atoms. The SMILES string of the molecule is CCCNCc1nnc(-c2ccc(SC)cc2)s1. The fourth-order valence-electron chi connectivity index (χ4n) is 1.55. The highest BCUT2D eigenvalue weighted by atomic mass is 32.2. The molecule has 2 rings (SSSR count). The van der Waals surface area contributed by atoms with Crippen LogP contribution in [0.2, 0.25) is 0 Å². The lowest BCUT2D eigenvalue weighted by Crippen LogP contribution is -2.13. The minimum atomic E-state index is 0.814. The molecule has 0 aliphatic heterocycles. The molecule has 0 spiro atoms. The van der Waals surface area contributed by atoms with Crippen molar-refractivity contribution in [1.82, 2.24) is 15.5 Å². The van der Waals surface area contributed by atoms with Crippen LogP contribution in [0.25, 0.3) is 10.6 Å². The zero-order valence-electron chi connectivity index (χ0n) is 10.6. The van der Waals surface area contributed by atoms with Gasteiger partial charge in [-0.25, -0.2) is 0 Å². The van der Waals surface area contributed by atoms with E-state index in [-0.39, 0.29) is 0 Å². The third-order valence-electron chi connectivity index (χ3n) is 2.51. The standard InChI is InChI=1S/C13H17N3S2/c1-3-8-14-9-12-15-16-13(18-12)10-4-6-11(17-2)7-5-10/h4-7,14H,3,8-9H2,1-2H3. The molecular weight excluding hydrogens is 262 g/mol. The van der Waals surface area contributed by atoms with Crippen LogP contribution in [0.3, 0.4) is 0 Å². The van der Waals surface area contributed by atoms with E-state index in [2.05, 4.69) is 53.0 Å². The molecule has 5 heteroatoms. The van der Waals surface area contributed by atoms with E-state index in [1.165, 1.54) is 4.90 Å². The van der Waals surface area contributed by atoms with Crippen LogP contribution in [0.1, 0.15) is 18.4 Å². The number of nitrogens with one attached hydrogen (secondary N) is 1. The molecule has 0 saturated heterocycles. The summed E-state index contributed by atoms with van der Waals surface area (Å²) in [5.41, 5.74) is 1.15. The normalized spacial score (nSPS) is 10.8. The third kappa shape index (κ3) is 3.54. The quantitative estimate of drug-likeness (QED) is 0.649. The van der Waals surface area contributed by atoms with Crippen molar-refractivity contribution in [2.75, 3.05) is 12.8 Å². The van der Waals surface area contributed by atoms with Crippen molar-refractivity contribution in [2.24, 2.45) is 0 Å². The van der Waals surface area contributed by atoms with Crippen molar-refractivity contribution in [3.05, 3.63) is 29.3 Å². The first-order valence-electron chi connectivity index (χ1n) is 6.01. The first-order chi connectivity index (χ1) is 8.83. The van der Waals surface area contributed by atoms with Crippen LogP contribution in [0.5, 0.6) is 0 Å². The highest BCUT2D eigenvalue weighted by Crippen LogP contribution is 2.25. The summed E-state index contributed by atoms with van der Waals surface area (Å²) in [5, 5.41) is 13.8. The van der Waals surface area contributed by atoms with E-state index in [0.717, 1.165) is 35.1 Å². The van der Waals surface area contributed by atoms with Gasteiger partial charge in [0.25, 0.3) is 0 Å². The summed E-state index contributed by atoms with van der Waals surface area (Å²) in [4.78, 5) is 1.27. The molecule has 1 N–H and O–H groups in total. The average molecular weight is 279 g/mol. The van der Waals surface area contributed by atoms with E-state index in [0.29, 0.717) is 0 Å². The van der Waals surface area contributed by atoms with Gasteiger partial charge in [0.05, 0.1) is 0 Å². The molecule has 1 aromatic heterocycles. The van der Waals surface area contributed by atoms with E-state index in [9.17, 15) is 0 Å². The predicted octanol–water partition coefficient (Wildman–Crippen LogP) is 3.43. The number of hydrogen-bond acceptors (Lipinski definition) is 5. The van der Waals surface area contributed by atoms with Gasteiger partial charge in [-0.2, -0.15) is 0 Å². The van der Waals surface area contributed by atoms with Gasteiger partial charge in [-0.3, -0.25) is 0 Å². The van der Waals surface area contributed by atoms with Crippen LogP contribution in [-0.2, 0) is 6.54 Å². The van der Waals surface area contributed by atoms with Crippen molar-refractivity contribution in [3.8, 4) is 10.6 Å². The van der Waals surface area contributed by atoms with Gasteiger partial charge in [-0.15, -0.1) is 22.0 Å². The molecule has 3 nitrogen and oxygen atoms in total. The summed E-state index contributed by atoms with van der Waals surface area (Å²) >= 11 is 3.41. The molecule has 0 amide bonds. The highest BCUT2D eigenvalue weighted by molar-refractivity contribution is 7.98. The van der Waals surface area contributed by atoms with Crippen molar-refractivity contribution in [2.45, 2.75) is 24.8 Å². The van der Waals surface area contributed by atoms with Crippen LogP contribution in [0, 0.1) is 0 Å². The van der Waals surface area contributed by atoms with Crippen LogP contribution in [-0.4, -0.2) is 23.0 Å². The molecule has 0 saturated carbocycles. The fourth-order valence-corrected chi connectivity index (χ4v) is 2.77. The largest absolute Gasteiger partial charge is 0.310 e. The molecule has 1 heterocycles. The van der Waals surface area contributed by atoms with E-state index in [4.69, 9.17) is 0 Å². The maximum absolute atomic E-state index is 4.24. The number of benzene rings is 1. The first-order valence-corrected chi connectivity index (χ1v) is 8.05. The number of rotatable bonds is 6. The number of hydrogen-bond donors (Lipinski definition) is 1. The summed E-state index contributed by atoms with van der Waals surface area (Å²) < 4.78 is 0. The summed E-state index contributed by atoms with van der Waals surface area (Å²) in [6.07, 6.45) is 3.22. The molecule has 0 aliphatic rings. The van der Waals surface area contributed by atoms with Gasteiger partial charge in [0.1, 0.15) is 10.0 Å². The van der Waals surface area contributed by atoms with Gasteiger partial charge in [0, 0.05) is 17.0 Å². The molecule has 0 bridgehead atoms. The van der Waals surface area contributed by atoms with Gasteiger partial charge in [0.2, 0.25) is 0 Å². The predicted molar refractivity (Wildman–Crippen MR) is 79.1 cm³/mol. The molecule has 0 atom stereocenters. The second-order valence-corrected chi connectivity index (χ2v) is 5.85. The van der Waals surface area contributed by atoms with Gasteiger partial charge in [-0.1, -0.05) is 30.4 Å². The Balaban J connectivity index is 2.04. The van der Waals surface area contributed by atoms with E-state index in [1.54, 1.807) is 23.1 Å². The van der Waals surface area contributed by atoms with Crippen LogP contribution >= 0.6 is 23.1 Å². The number of nitrogens with zero attached hydrogens (tertiary/aromatic N) is 2. The summed E-state index contributed by atoms with van der Waals surface area (Å²) in [6, 6.07) is 8.46. The summed E-state index contributed by atoms with van der Waals surface area (Å²) in [6.45, 7) is 4.00. The Bertz CT molecular complexity index is 479. The topological polar surface area (TPSA) is 37.8 Å². The Labute approximate surface area is 116 Å². The third-order valence-corrected chi connectivity index (χ3v) is 4.22. The maximum Gasteiger partial charge on any atom is 0.147 e. The fraction of sp³-hybridized carbons (Fsp3) is 0.385. The van der Waals surface area contributed by atoms with Gasteiger partial charge in [0.15, 0.2) is 0 Å². The molecule has 0 fully saturated rings. The van der Waals surface area contributed by atoms with Crippen LogP contribution in [0.15, 0.2) is 29.2 Å². The Kier molecular flexibility index (Phi) is 5.16. The monoisotopic (exact) mass is 279 g/mol. The smallest absolute Gasteiger partial charge is 0.147 e. The molecule has 0 radical (unpaired) electrons. The molecular formula is C13H17N3S2. The Morgan fingerprint density at radius 3 is 2.67 bits per heavy atom. The second kappa shape index (κ2) is 6.87. The van der Waals surface area contributed by atoms with Crippen molar-refractivity contribution in [3.63, 3.8) is 0 Å². The van der Waals surface area contributed by atoms with E-state index >= 15 is 0 Å². The molecule has 1 aromatic carbocycles. The van der Waals surface area contributed by atoms with Crippen molar-refractivity contribution in [1.29, 1.82) is 0 Å². The Morgan fingerprint density at radius 2 is 2.00 bits per heavy atom. The molecule has 96 valence electrons. The number of thioether (sulfide) groups is 1. The Hall–Kier alpha value is -0.910. The van der Waals surface area contributed by atoms with Gasteiger partial charge < -0.3 is 5.32 Å².